The standard InChI is InChI=1S/C35H43F6N7/c1-22-6-5-7-26-16-27(32(44-31(22)26)46(18-23-10-11-23)19-24-12-13-24)21-47(33(42)45-48(43)30-8-3-2-4-9-30)20-25-14-28(34(36,37)38)17-29(15-25)35(39,40)41/h5-7,14-17,23-24,30H,2-4,8-13,18-21,43H2,1H3,(H2,42,45). The number of anilines is 1. The van der Waals surface area contributed by atoms with E-state index in [1.54, 1.807) is 0 Å². The Labute approximate surface area is 276 Å². The molecule has 3 aliphatic rings. The van der Waals surface area contributed by atoms with Crippen LogP contribution in [0.5, 0.6) is 0 Å². The third kappa shape index (κ3) is 8.45. The number of hydrazine groups is 1. The summed E-state index contributed by atoms with van der Waals surface area (Å²) in [5.74, 6) is 8.12. The second-order valence-electron chi connectivity index (χ2n) is 13.8. The van der Waals surface area contributed by atoms with E-state index >= 15 is 0 Å². The first-order valence-corrected chi connectivity index (χ1v) is 16.8. The van der Waals surface area contributed by atoms with Crippen LogP contribution in [0.3, 0.4) is 0 Å². The van der Waals surface area contributed by atoms with Crippen molar-refractivity contribution in [2.75, 3.05) is 18.0 Å². The number of rotatable bonds is 11. The Hall–Kier alpha value is -3.74. The van der Waals surface area contributed by atoms with Crippen molar-refractivity contribution >= 4 is 22.7 Å². The molecule has 3 aromatic rings. The van der Waals surface area contributed by atoms with E-state index in [-0.39, 0.29) is 36.7 Å². The molecule has 3 aliphatic carbocycles. The highest BCUT2D eigenvalue weighted by atomic mass is 19.4. The van der Waals surface area contributed by atoms with Crippen molar-refractivity contribution in [2.24, 2.45) is 28.5 Å². The number of hydrazone groups is 1. The summed E-state index contributed by atoms with van der Waals surface area (Å²) in [6.45, 7) is 3.34. The minimum Gasteiger partial charge on any atom is -0.368 e. The van der Waals surface area contributed by atoms with Gasteiger partial charge in [0.15, 0.2) is 0 Å². The molecule has 0 unspecified atom stereocenters. The Balaban J connectivity index is 1.43. The summed E-state index contributed by atoms with van der Waals surface area (Å²) in [6.07, 6.45) is -0.739. The molecule has 2 aromatic carbocycles. The second kappa shape index (κ2) is 13.6. The number of para-hydroxylation sites is 1. The minimum atomic E-state index is -4.98. The van der Waals surface area contributed by atoms with Crippen LogP contribution in [0.4, 0.5) is 32.2 Å². The van der Waals surface area contributed by atoms with Gasteiger partial charge in [-0.2, -0.15) is 26.3 Å². The summed E-state index contributed by atoms with van der Waals surface area (Å²) >= 11 is 0. The molecule has 4 N–H and O–H groups in total. The number of hydrogen-bond acceptors (Lipinski definition) is 5. The van der Waals surface area contributed by atoms with Gasteiger partial charge in [0.05, 0.1) is 22.7 Å². The van der Waals surface area contributed by atoms with Crippen molar-refractivity contribution < 1.29 is 26.3 Å². The first kappa shape index (κ1) is 34.1. The molecule has 0 atom stereocenters. The molecule has 0 amide bonds. The van der Waals surface area contributed by atoms with E-state index in [1.165, 1.54) is 10.0 Å². The number of aryl methyl sites for hydroxylation is 1. The highest BCUT2D eigenvalue weighted by Crippen LogP contribution is 2.39. The minimum absolute atomic E-state index is 0.0451. The Morgan fingerprint density at radius 2 is 1.44 bits per heavy atom. The zero-order chi connectivity index (χ0) is 34.2. The van der Waals surface area contributed by atoms with Crippen molar-refractivity contribution in [3.63, 3.8) is 0 Å². The van der Waals surface area contributed by atoms with Gasteiger partial charge in [-0.3, -0.25) is 0 Å². The van der Waals surface area contributed by atoms with Crippen LogP contribution in [-0.4, -0.2) is 40.1 Å². The fraction of sp³-hybridized carbons (Fsp3) is 0.543. The number of hydrogen-bond donors (Lipinski definition) is 2. The third-order valence-electron chi connectivity index (χ3n) is 9.63. The highest BCUT2D eigenvalue weighted by Gasteiger charge is 2.37. The maximum atomic E-state index is 13.8. The summed E-state index contributed by atoms with van der Waals surface area (Å²) in [4.78, 5) is 8.99. The van der Waals surface area contributed by atoms with Gasteiger partial charge in [-0.25, -0.2) is 15.9 Å². The van der Waals surface area contributed by atoms with Gasteiger partial charge in [0.1, 0.15) is 5.82 Å². The largest absolute Gasteiger partial charge is 0.416 e. The second-order valence-corrected chi connectivity index (χ2v) is 13.8. The lowest BCUT2D eigenvalue weighted by molar-refractivity contribution is -0.143. The van der Waals surface area contributed by atoms with Gasteiger partial charge in [-0.05, 0) is 92.7 Å². The van der Waals surface area contributed by atoms with Gasteiger partial charge in [-0.15, -0.1) is 5.10 Å². The average Bonchev–Trinajstić information content (AvgIpc) is 3.97. The summed E-state index contributed by atoms with van der Waals surface area (Å²) in [5, 5.41) is 6.63. The quantitative estimate of drug-likeness (QED) is 0.0706. The van der Waals surface area contributed by atoms with Crippen molar-refractivity contribution in [1.82, 2.24) is 15.0 Å². The van der Waals surface area contributed by atoms with E-state index in [4.69, 9.17) is 16.6 Å². The maximum Gasteiger partial charge on any atom is 0.416 e. The van der Waals surface area contributed by atoms with Crippen LogP contribution in [0.1, 0.15) is 85.6 Å². The number of halogens is 6. The molecule has 0 radical (unpaired) electrons. The molecule has 0 bridgehead atoms. The Kier molecular flexibility index (Phi) is 9.70. The fourth-order valence-corrected chi connectivity index (χ4v) is 6.61. The van der Waals surface area contributed by atoms with Crippen LogP contribution < -0.4 is 16.5 Å². The summed E-state index contributed by atoms with van der Waals surface area (Å²) < 4.78 is 83.0. The lowest BCUT2D eigenvalue weighted by atomic mass is 9.96. The average molecular weight is 676 g/mol. The summed E-state index contributed by atoms with van der Waals surface area (Å²) in [5.41, 5.74) is 6.24. The molecule has 0 aliphatic heterocycles. The van der Waals surface area contributed by atoms with Crippen molar-refractivity contribution in [3.05, 3.63) is 70.3 Å². The number of fused-ring (bicyclic) bond motifs is 1. The van der Waals surface area contributed by atoms with Crippen molar-refractivity contribution in [3.8, 4) is 0 Å². The molecule has 48 heavy (non-hydrogen) atoms. The zero-order valence-electron chi connectivity index (χ0n) is 27.1. The number of alkyl halides is 6. The molecule has 6 rings (SSSR count). The monoisotopic (exact) mass is 675 g/mol. The van der Waals surface area contributed by atoms with E-state index in [9.17, 15) is 26.3 Å². The van der Waals surface area contributed by atoms with E-state index < -0.39 is 23.5 Å². The summed E-state index contributed by atoms with van der Waals surface area (Å²) in [7, 11) is 0. The number of nitrogens with two attached hydrogens (primary N) is 2. The molecule has 3 saturated carbocycles. The van der Waals surface area contributed by atoms with Crippen molar-refractivity contribution in [1.29, 1.82) is 0 Å². The molecule has 1 heterocycles. The molecule has 7 nitrogen and oxygen atoms in total. The van der Waals surface area contributed by atoms with E-state index in [0.29, 0.717) is 11.8 Å². The predicted molar refractivity (Wildman–Crippen MR) is 174 cm³/mol. The number of pyridine rings is 1. The van der Waals surface area contributed by atoms with Gasteiger partial charge in [0.25, 0.3) is 0 Å². The normalized spacial score (nSPS) is 18.0. The molecule has 0 spiro atoms. The first-order chi connectivity index (χ1) is 22.7. The Bertz CT molecular complexity index is 1580. The molecule has 3 fully saturated rings. The van der Waals surface area contributed by atoms with Crippen LogP contribution in [0.2, 0.25) is 0 Å². The van der Waals surface area contributed by atoms with Gasteiger partial charge >= 0.3 is 12.4 Å². The molecule has 260 valence electrons. The molecule has 1 aromatic heterocycles. The van der Waals surface area contributed by atoms with E-state index in [1.807, 2.05) is 31.2 Å². The van der Waals surface area contributed by atoms with Gasteiger partial charge < -0.3 is 15.5 Å². The van der Waals surface area contributed by atoms with E-state index in [0.717, 1.165) is 111 Å². The molecular formula is C35H43F6N7. The van der Waals surface area contributed by atoms with Gasteiger partial charge in [0.2, 0.25) is 5.96 Å². The maximum absolute atomic E-state index is 13.8. The smallest absolute Gasteiger partial charge is 0.368 e. The van der Waals surface area contributed by atoms with Crippen LogP contribution in [0.15, 0.2) is 47.6 Å². The lowest BCUT2D eigenvalue weighted by Crippen LogP contribution is -2.44. The zero-order valence-corrected chi connectivity index (χ0v) is 27.1. The summed E-state index contributed by atoms with van der Waals surface area (Å²) in [6, 6.07) is 9.43. The fourth-order valence-electron chi connectivity index (χ4n) is 6.61. The first-order valence-electron chi connectivity index (χ1n) is 16.8. The van der Waals surface area contributed by atoms with Gasteiger partial charge in [0, 0.05) is 37.1 Å². The predicted octanol–water partition coefficient (Wildman–Crippen LogP) is 7.95. The number of nitrogens with zero attached hydrogens (tertiary/aromatic N) is 5. The van der Waals surface area contributed by atoms with Crippen molar-refractivity contribution in [2.45, 2.75) is 96.2 Å². The lowest BCUT2D eigenvalue weighted by Gasteiger charge is -2.32. The number of benzene rings is 2. The van der Waals surface area contributed by atoms with Crippen LogP contribution in [0, 0.1) is 18.8 Å². The molecule has 13 heteroatoms. The Morgan fingerprint density at radius 1 is 0.833 bits per heavy atom. The molecular weight excluding hydrogens is 632 g/mol. The van der Waals surface area contributed by atoms with Gasteiger partial charge in [-0.1, -0.05) is 37.5 Å². The van der Waals surface area contributed by atoms with Crippen LogP contribution in [-0.2, 0) is 25.4 Å². The van der Waals surface area contributed by atoms with Crippen LogP contribution >= 0.6 is 0 Å². The molecule has 0 saturated heterocycles. The van der Waals surface area contributed by atoms with E-state index in [2.05, 4.69) is 10.0 Å². The van der Waals surface area contributed by atoms with Crippen LogP contribution in [0.25, 0.3) is 10.9 Å². The number of aromatic nitrogens is 1. The number of guanidine groups is 1. The highest BCUT2D eigenvalue weighted by molar-refractivity contribution is 5.85. The SMILES string of the molecule is Cc1cccc2cc(CN(Cc3cc(C(F)(F)F)cc(C(F)(F)F)c3)/C(N)=N/N(N)C3CCCCC3)c(N(CC3CC3)CC3CC3)nc12. The topological polar surface area (TPSA) is 87.0 Å². The Morgan fingerprint density at radius 3 is 2.00 bits per heavy atom. The third-order valence-corrected chi connectivity index (χ3v) is 9.63.